The molecular weight excluding hydrogens is 298 g/mol. The topological polar surface area (TPSA) is 102 Å². The van der Waals surface area contributed by atoms with E-state index < -0.39 is 0 Å². The lowest BCUT2D eigenvalue weighted by Gasteiger charge is -2.07. The van der Waals surface area contributed by atoms with Gasteiger partial charge in [0.15, 0.2) is 5.65 Å². The van der Waals surface area contributed by atoms with Gasteiger partial charge in [0.05, 0.1) is 19.3 Å². The Morgan fingerprint density at radius 2 is 2.04 bits per heavy atom. The first-order chi connectivity index (χ1) is 11.2. The zero-order valence-corrected chi connectivity index (χ0v) is 12.2. The van der Waals surface area contributed by atoms with Crippen LogP contribution >= 0.6 is 0 Å². The molecule has 0 fully saturated rings. The summed E-state index contributed by atoms with van der Waals surface area (Å²) in [6.07, 6.45) is 2.71. The van der Waals surface area contributed by atoms with Crippen molar-refractivity contribution in [2.24, 2.45) is 0 Å². The zero-order valence-electron chi connectivity index (χ0n) is 12.2. The number of carbonyl (C=O) groups excluding carboxylic acids is 1. The highest BCUT2D eigenvalue weighted by Crippen LogP contribution is 2.07. The van der Waals surface area contributed by atoms with Crippen LogP contribution < -0.4 is 10.9 Å². The SMILES string of the molecule is O=C(Cn1cnc2c(cnn2CCO)c1=O)Nc1ccccc1. The average Bonchev–Trinajstić information content (AvgIpc) is 2.95. The molecule has 0 bridgehead atoms. The molecule has 23 heavy (non-hydrogen) atoms. The summed E-state index contributed by atoms with van der Waals surface area (Å²) < 4.78 is 2.68. The summed E-state index contributed by atoms with van der Waals surface area (Å²) in [5, 5.41) is 16.0. The molecule has 8 heteroatoms. The van der Waals surface area contributed by atoms with E-state index in [0.29, 0.717) is 16.7 Å². The Morgan fingerprint density at radius 3 is 2.78 bits per heavy atom. The normalized spacial score (nSPS) is 10.8. The van der Waals surface area contributed by atoms with Crippen LogP contribution in [0, 0.1) is 0 Å². The number of carbonyl (C=O) groups is 1. The van der Waals surface area contributed by atoms with Gasteiger partial charge in [0, 0.05) is 5.69 Å². The fourth-order valence-electron chi connectivity index (χ4n) is 2.25. The molecule has 0 aliphatic rings. The maximum atomic E-state index is 12.4. The molecule has 0 spiro atoms. The van der Waals surface area contributed by atoms with Crippen LogP contribution in [-0.2, 0) is 17.9 Å². The van der Waals surface area contributed by atoms with Crippen molar-refractivity contribution in [3.05, 3.63) is 53.2 Å². The first kappa shape index (κ1) is 14.9. The number of benzene rings is 1. The van der Waals surface area contributed by atoms with Crippen molar-refractivity contribution in [3.63, 3.8) is 0 Å². The standard InChI is InChI=1S/C15H15N5O3/c21-7-6-20-14-12(8-17-20)15(23)19(10-16-14)9-13(22)18-11-4-2-1-3-5-11/h1-5,8,10,21H,6-7,9H2,(H,18,22). The van der Waals surface area contributed by atoms with E-state index in [9.17, 15) is 9.59 Å². The van der Waals surface area contributed by atoms with Crippen LogP contribution in [0.1, 0.15) is 0 Å². The third-order valence-corrected chi connectivity index (χ3v) is 3.31. The van der Waals surface area contributed by atoms with E-state index in [-0.39, 0.29) is 31.2 Å². The summed E-state index contributed by atoms with van der Waals surface area (Å²) >= 11 is 0. The molecule has 3 rings (SSSR count). The molecule has 0 atom stereocenters. The van der Waals surface area contributed by atoms with E-state index >= 15 is 0 Å². The van der Waals surface area contributed by atoms with Crippen LogP contribution in [0.15, 0.2) is 47.7 Å². The average molecular weight is 313 g/mol. The summed E-state index contributed by atoms with van der Waals surface area (Å²) in [5.74, 6) is -0.317. The number of anilines is 1. The van der Waals surface area contributed by atoms with Gasteiger partial charge in [-0.1, -0.05) is 18.2 Å². The Kier molecular flexibility index (Phi) is 4.15. The van der Waals surface area contributed by atoms with Crippen LogP contribution in [0.3, 0.4) is 0 Å². The number of aliphatic hydroxyl groups is 1. The lowest BCUT2D eigenvalue weighted by atomic mass is 10.3. The van der Waals surface area contributed by atoms with E-state index in [1.54, 1.807) is 12.1 Å². The van der Waals surface area contributed by atoms with Crippen molar-refractivity contribution in [1.29, 1.82) is 0 Å². The van der Waals surface area contributed by atoms with Crippen molar-refractivity contribution in [1.82, 2.24) is 19.3 Å². The number of nitrogens with zero attached hydrogens (tertiary/aromatic N) is 4. The number of aromatic nitrogens is 4. The van der Waals surface area contributed by atoms with Crippen LogP contribution in [0.4, 0.5) is 5.69 Å². The van der Waals surface area contributed by atoms with E-state index in [1.807, 2.05) is 18.2 Å². The zero-order chi connectivity index (χ0) is 16.2. The van der Waals surface area contributed by atoms with E-state index in [4.69, 9.17) is 5.11 Å². The number of rotatable bonds is 5. The highest BCUT2D eigenvalue weighted by Gasteiger charge is 2.12. The molecule has 0 saturated heterocycles. The highest BCUT2D eigenvalue weighted by molar-refractivity contribution is 5.90. The van der Waals surface area contributed by atoms with Crippen molar-refractivity contribution in [2.45, 2.75) is 13.1 Å². The Hall–Kier alpha value is -3.00. The number of para-hydroxylation sites is 1. The van der Waals surface area contributed by atoms with Gasteiger partial charge in [-0.3, -0.25) is 14.2 Å². The highest BCUT2D eigenvalue weighted by atomic mass is 16.3. The number of nitrogens with one attached hydrogen (secondary N) is 1. The number of amides is 1. The van der Waals surface area contributed by atoms with E-state index in [1.165, 1.54) is 21.8 Å². The summed E-state index contributed by atoms with van der Waals surface area (Å²) in [7, 11) is 0. The van der Waals surface area contributed by atoms with Crippen molar-refractivity contribution in [3.8, 4) is 0 Å². The second kappa shape index (κ2) is 6.41. The summed E-state index contributed by atoms with van der Waals surface area (Å²) in [6.45, 7) is 0.0251. The lowest BCUT2D eigenvalue weighted by Crippen LogP contribution is -2.27. The Labute approximate surface area is 131 Å². The predicted molar refractivity (Wildman–Crippen MR) is 83.9 cm³/mol. The monoisotopic (exact) mass is 313 g/mol. The number of fused-ring (bicyclic) bond motifs is 1. The molecular formula is C15H15N5O3. The molecule has 0 radical (unpaired) electrons. The third-order valence-electron chi connectivity index (χ3n) is 3.31. The molecule has 2 N–H and O–H groups in total. The molecule has 1 amide bonds. The van der Waals surface area contributed by atoms with Gasteiger partial charge in [0.1, 0.15) is 18.3 Å². The van der Waals surface area contributed by atoms with Gasteiger partial charge in [0.25, 0.3) is 5.56 Å². The predicted octanol–water partition coefficient (Wildman–Crippen LogP) is 0.224. The molecule has 0 aliphatic carbocycles. The molecule has 2 aromatic heterocycles. The fourth-order valence-corrected chi connectivity index (χ4v) is 2.25. The molecule has 118 valence electrons. The van der Waals surface area contributed by atoms with Gasteiger partial charge in [-0.2, -0.15) is 5.10 Å². The first-order valence-corrected chi connectivity index (χ1v) is 7.06. The molecule has 0 aliphatic heterocycles. The van der Waals surface area contributed by atoms with Crippen LogP contribution in [0.25, 0.3) is 11.0 Å². The van der Waals surface area contributed by atoms with Gasteiger partial charge < -0.3 is 10.4 Å². The number of hydrogen-bond donors (Lipinski definition) is 2. The minimum atomic E-state index is -0.345. The van der Waals surface area contributed by atoms with Gasteiger partial charge >= 0.3 is 0 Å². The van der Waals surface area contributed by atoms with Crippen LogP contribution in [0.5, 0.6) is 0 Å². The van der Waals surface area contributed by atoms with E-state index in [2.05, 4.69) is 15.4 Å². The fraction of sp³-hybridized carbons (Fsp3) is 0.200. The minimum Gasteiger partial charge on any atom is -0.394 e. The minimum absolute atomic E-state index is 0.0962. The molecule has 1 aromatic carbocycles. The Balaban J connectivity index is 1.82. The first-order valence-electron chi connectivity index (χ1n) is 7.06. The summed E-state index contributed by atoms with van der Waals surface area (Å²) in [6, 6.07) is 9.00. The van der Waals surface area contributed by atoms with E-state index in [0.717, 1.165) is 0 Å². The molecule has 3 aromatic rings. The van der Waals surface area contributed by atoms with Gasteiger partial charge in [0.2, 0.25) is 5.91 Å². The molecule has 2 heterocycles. The summed E-state index contributed by atoms with van der Waals surface area (Å²) in [5.41, 5.74) is 0.710. The van der Waals surface area contributed by atoms with Crippen molar-refractivity contribution < 1.29 is 9.90 Å². The molecule has 0 unspecified atom stereocenters. The maximum Gasteiger partial charge on any atom is 0.264 e. The third kappa shape index (κ3) is 3.11. The lowest BCUT2D eigenvalue weighted by molar-refractivity contribution is -0.116. The van der Waals surface area contributed by atoms with Crippen molar-refractivity contribution in [2.75, 3.05) is 11.9 Å². The Morgan fingerprint density at radius 1 is 1.26 bits per heavy atom. The van der Waals surface area contributed by atoms with Gasteiger partial charge in [-0.15, -0.1) is 0 Å². The van der Waals surface area contributed by atoms with Crippen LogP contribution in [0.2, 0.25) is 0 Å². The van der Waals surface area contributed by atoms with Gasteiger partial charge in [-0.05, 0) is 12.1 Å². The molecule has 8 nitrogen and oxygen atoms in total. The maximum absolute atomic E-state index is 12.4. The molecule has 0 saturated carbocycles. The summed E-state index contributed by atoms with van der Waals surface area (Å²) in [4.78, 5) is 28.5. The van der Waals surface area contributed by atoms with Crippen molar-refractivity contribution >= 4 is 22.6 Å². The smallest absolute Gasteiger partial charge is 0.264 e. The Bertz CT molecular complexity index is 885. The second-order valence-electron chi connectivity index (χ2n) is 4.92. The quantitative estimate of drug-likeness (QED) is 0.702. The largest absolute Gasteiger partial charge is 0.394 e. The van der Waals surface area contributed by atoms with Gasteiger partial charge in [-0.25, -0.2) is 9.67 Å². The number of hydrogen-bond acceptors (Lipinski definition) is 5. The second-order valence-corrected chi connectivity index (χ2v) is 4.92. The number of aliphatic hydroxyl groups excluding tert-OH is 1. The van der Waals surface area contributed by atoms with Crippen LogP contribution in [-0.4, -0.2) is 37.0 Å².